The molecular formula is C10H17N3O2. The van der Waals surface area contributed by atoms with Crippen molar-refractivity contribution < 1.29 is 4.52 Å². The Morgan fingerprint density at radius 3 is 2.73 bits per heavy atom. The molecule has 1 aromatic heterocycles. The average molecular weight is 211 g/mol. The van der Waals surface area contributed by atoms with Gasteiger partial charge < -0.3 is 5.73 Å². The molecule has 1 aliphatic rings. The summed E-state index contributed by atoms with van der Waals surface area (Å²) < 4.78 is 4.49. The molecule has 1 saturated carbocycles. The lowest BCUT2D eigenvalue weighted by molar-refractivity contribution is 0.216. The van der Waals surface area contributed by atoms with Gasteiger partial charge in [-0.25, -0.2) is 4.79 Å². The predicted octanol–water partition coefficient (Wildman–Crippen LogP) is 1.12. The van der Waals surface area contributed by atoms with Gasteiger partial charge in [0.25, 0.3) is 0 Å². The van der Waals surface area contributed by atoms with Crippen LogP contribution in [0.2, 0.25) is 0 Å². The Morgan fingerprint density at radius 2 is 2.27 bits per heavy atom. The quantitative estimate of drug-likeness (QED) is 0.767. The van der Waals surface area contributed by atoms with Crippen LogP contribution in [0.5, 0.6) is 0 Å². The molecule has 0 radical (unpaired) electrons. The van der Waals surface area contributed by atoms with Crippen molar-refractivity contribution in [3.63, 3.8) is 0 Å². The van der Waals surface area contributed by atoms with Crippen LogP contribution >= 0.6 is 0 Å². The normalized spacial score (nSPS) is 31.7. The molecule has 0 amide bonds. The second-order valence-corrected chi connectivity index (χ2v) is 4.45. The number of H-pyrrole nitrogens is 1. The smallest absolute Gasteiger partial charge is 0.319 e. The molecule has 2 rings (SSSR count). The number of nitrogens with one attached hydrogen (secondary N) is 1. The minimum Gasteiger partial charge on any atom is -0.319 e. The van der Waals surface area contributed by atoms with Crippen molar-refractivity contribution in [2.75, 3.05) is 0 Å². The van der Waals surface area contributed by atoms with Gasteiger partial charge in [-0.05, 0) is 31.6 Å². The van der Waals surface area contributed by atoms with Crippen molar-refractivity contribution >= 4 is 0 Å². The monoisotopic (exact) mass is 211 g/mol. The predicted molar refractivity (Wildman–Crippen MR) is 55.2 cm³/mol. The summed E-state index contributed by atoms with van der Waals surface area (Å²) in [6, 6.07) is 0. The summed E-state index contributed by atoms with van der Waals surface area (Å²) >= 11 is 0. The Kier molecular flexibility index (Phi) is 2.65. The standard InChI is InChI=1S/C10H17N3O2/c1-2-7-3-5-10(11,6-4-7)8-12-9(14)15-13-8/h7H,2-6,11H2,1H3,(H,12,13,14). The maximum Gasteiger partial charge on any atom is 0.438 e. The van der Waals surface area contributed by atoms with E-state index in [1.165, 1.54) is 6.42 Å². The van der Waals surface area contributed by atoms with Gasteiger partial charge in [-0.2, -0.15) is 0 Å². The molecule has 5 heteroatoms. The number of aromatic nitrogens is 2. The number of rotatable bonds is 2. The van der Waals surface area contributed by atoms with Crippen LogP contribution in [-0.4, -0.2) is 10.1 Å². The van der Waals surface area contributed by atoms with Gasteiger partial charge in [0.2, 0.25) is 0 Å². The van der Waals surface area contributed by atoms with E-state index >= 15 is 0 Å². The molecule has 15 heavy (non-hydrogen) atoms. The van der Waals surface area contributed by atoms with E-state index in [2.05, 4.69) is 21.6 Å². The molecule has 0 aliphatic heterocycles. The summed E-state index contributed by atoms with van der Waals surface area (Å²) in [6.07, 6.45) is 5.14. The van der Waals surface area contributed by atoms with E-state index < -0.39 is 11.3 Å². The summed E-state index contributed by atoms with van der Waals surface area (Å²) in [7, 11) is 0. The molecule has 0 atom stereocenters. The maximum atomic E-state index is 10.9. The Morgan fingerprint density at radius 1 is 1.60 bits per heavy atom. The molecule has 0 unspecified atom stereocenters. The maximum absolute atomic E-state index is 10.9. The molecule has 0 bridgehead atoms. The summed E-state index contributed by atoms with van der Waals surface area (Å²) in [4.78, 5) is 13.4. The van der Waals surface area contributed by atoms with Gasteiger partial charge in [0.1, 0.15) is 0 Å². The van der Waals surface area contributed by atoms with Crippen LogP contribution in [0.15, 0.2) is 9.32 Å². The van der Waals surface area contributed by atoms with E-state index in [-0.39, 0.29) is 0 Å². The lowest BCUT2D eigenvalue weighted by Crippen LogP contribution is -2.41. The molecule has 1 fully saturated rings. The Balaban J connectivity index is 2.12. The van der Waals surface area contributed by atoms with Crippen LogP contribution in [0.1, 0.15) is 44.9 Å². The fourth-order valence-corrected chi connectivity index (χ4v) is 2.28. The summed E-state index contributed by atoms with van der Waals surface area (Å²) in [5, 5.41) is 3.69. The molecule has 1 aromatic rings. The first kappa shape index (κ1) is 10.4. The van der Waals surface area contributed by atoms with Gasteiger partial charge in [0.05, 0.1) is 5.54 Å². The van der Waals surface area contributed by atoms with Crippen molar-refractivity contribution in [3.8, 4) is 0 Å². The molecule has 84 valence electrons. The third kappa shape index (κ3) is 1.97. The number of nitrogens with two attached hydrogens (primary N) is 1. The summed E-state index contributed by atoms with van der Waals surface area (Å²) in [5.41, 5.74) is 5.73. The van der Waals surface area contributed by atoms with Crippen molar-refractivity contribution in [2.45, 2.75) is 44.6 Å². The number of nitrogens with zero attached hydrogens (tertiary/aromatic N) is 1. The van der Waals surface area contributed by atoms with Crippen LogP contribution in [0, 0.1) is 5.92 Å². The van der Waals surface area contributed by atoms with E-state index in [4.69, 9.17) is 5.73 Å². The second-order valence-electron chi connectivity index (χ2n) is 4.45. The molecule has 3 N–H and O–H groups in total. The van der Waals surface area contributed by atoms with Crippen LogP contribution in [0.25, 0.3) is 0 Å². The first-order valence-electron chi connectivity index (χ1n) is 5.49. The van der Waals surface area contributed by atoms with Crippen molar-refractivity contribution in [2.24, 2.45) is 11.7 Å². The first-order chi connectivity index (χ1) is 7.14. The molecule has 5 nitrogen and oxygen atoms in total. The SMILES string of the molecule is CCC1CCC(N)(c2noc(=O)[nH]2)CC1. The zero-order chi connectivity index (χ0) is 10.9. The second kappa shape index (κ2) is 3.81. The number of hydrogen-bond acceptors (Lipinski definition) is 4. The van der Waals surface area contributed by atoms with Crippen LogP contribution in [-0.2, 0) is 5.54 Å². The van der Waals surface area contributed by atoms with E-state index in [1.54, 1.807) is 0 Å². The molecule has 0 spiro atoms. The Labute approximate surface area is 88.0 Å². The van der Waals surface area contributed by atoms with Crippen molar-refractivity contribution in [1.82, 2.24) is 10.1 Å². The third-order valence-electron chi connectivity index (χ3n) is 3.49. The molecule has 0 aromatic carbocycles. The number of hydrogen-bond donors (Lipinski definition) is 2. The van der Waals surface area contributed by atoms with Crippen LogP contribution in [0.4, 0.5) is 0 Å². The van der Waals surface area contributed by atoms with Crippen LogP contribution < -0.4 is 11.5 Å². The van der Waals surface area contributed by atoms with Gasteiger partial charge >= 0.3 is 5.76 Å². The fourth-order valence-electron chi connectivity index (χ4n) is 2.28. The molecule has 1 heterocycles. The average Bonchev–Trinajstić information content (AvgIpc) is 2.67. The third-order valence-corrected chi connectivity index (χ3v) is 3.49. The van der Waals surface area contributed by atoms with E-state index in [0.717, 1.165) is 31.6 Å². The number of aromatic amines is 1. The largest absolute Gasteiger partial charge is 0.438 e. The molecule has 0 saturated heterocycles. The molecule has 1 aliphatic carbocycles. The zero-order valence-corrected chi connectivity index (χ0v) is 8.95. The summed E-state index contributed by atoms with van der Waals surface area (Å²) in [5.74, 6) is 0.745. The zero-order valence-electron chi connectivity index (χ0n) is 8.95. The van der Waals surface area contributed by atoms with E-state index in [9.17, 15) is 4.79 Å². The first-order valence-corrected chi connectivity index (χ1v) is 5.49. The topological polar surface area (TPSA) is 84.9 Å². The highest BCUT2D eigenvalue weighted by molar-refractivity contribution is 5.04. The lowest BCUT2D eigenvalue weighted by atomic mass is 9.76. The van der Waals surface area contributed by atoms with Gasteiger partial charge in [-0.3, -0.25) is 9.51 Å². The summed E-state index contributed by atoms with van der Waals surface area (Å²) in [6.45, 7) is 2.20. The Bertz CT molecular complexity index is 374. The minimum atomic E-state index is -0.521. The highest BCUT2D eigenvalue weighted by atomic mass is 16.5. The van der Waals surface area contributed by atoms with Gasteiger partial charge in [0.15, 0.2) is 5.82 Å². The molecular weight excluding hydrogens is 194 g/mol. The Hall–Kier alpha value is -1.10. The minimum absolute atomic E-state index is 0.488. The van der Waals surface area contributed by atoms with Gasteiger partial charge in [0, 0.05) is 0 Å². The van der Waals surface area contributed by atoms with Crippen molar-refractivity contribution in [1.29, 1.82) is 0 Å². The lowest BCUT2D eigenvalue weighted by Gasteiger charge is -2.34. The van der Waals surface area contributed by atoms with Gasteiger partial charge in [-0.1, -0.05) is 18.5 Å². The van der Waals surface area contributed by atoms with Gasteiger partial charge in [-0.15, -0.1) is 0 Å². The van der Waals surface area contributed by atoms with Crippen molar-refractivity contribution in [3.05, 3.63) is 16.4 Å². The van der Waals surface area contributed by atoms with E-state index in [1.807, 2.05) is 0 Å². The highest BCUT2D eigenvalue weighted by Crippen LogP contribution is 2.36. The fraction of sp³-hybridized carbons (Fsp3) is 0.800. The van der Waals surface area contributed by atoms with E-state index in [0.29, 0.717) is 5.82 Å². The van der Waals surface area contributed by atoms with Crippen LogP contribution in [0.3, 0.4) is 0 Å². The highest BCUT2D eigenvalue weighted by Gasteiger charge is 2.35.